The van der Waals surface area contributed by atoms with Gasteiger partial charge in [-0.3, -0.25) is 0 Å². The van der Waals surface area contributed by atoms with E-state index in [1.807, 2.05) is 30.3 Å². The molecule has 0 aliphatic rings. The van der Waals surface area contributed by atoms with Crippen molar-refractivity contribution in [1.82, 2.24) is 0 Å². The molecule has 0 heterocycles. The van der Waals surface area contributed by atoms with Crippen LogP contribution in [0.3, 0.4) is 0 Å². The van der Waals surface area contributed by atoms with E-state index in [2.05, 4.69) is 28.1 Å². The number of halogens is 1. The molecule has 2 aromatic rings. The maximum absolute atomic E-state index is 5.59. The molecule has 88 valence electrons. The van der Waals surface area contributed by atoms with Crippen LogP contribution in [0.25, 0.3) is 11.1 Å². The molecule has 0 saturated heterocycles. The van der Waals surface area contributed by atoms with Crippen molar-refractivity contribution < 1.29 is 4.74 Å². The summed E-state index contributed by atoms with van der Waals surface area (Å²) in [7, 11) is 1.68. The Morgan fingerprint density at radius 2 is 1.82 bits per heavy atom. The first-order chi connectivity index (χ1) is 8.26. The molecular weight excluding hydrogens is 278 g/mol. The maximum Gasteiger partial charge on any atom is 0.140 e. The molecule has 0 fully saturated rings. The van der Waals surface area contributed by atoms with Crippen molar-refractivity contribution in [3.05, 3.63) is 52.5 Å². The largest absolute Gasteiger partial charge is 0.495 e. The molecule has 2 nitrogen and oxygen atoms in total. The molecule has 0 spiro atoms. The van der Waals surface area contributed by atoms with Crippen molar-refractivity contribution in [3.8, 4) is 16.9 Å². The highest BCUT2D eigenvalue weighted by Crippen LogP contribution is 2.36. The van der Waals surface area contributed by atoms with E-state index >= 15 is 0 Å². The second-order valence-electron chi connectivity index (χ2n) is 3.72. The van der Waals surface area contributed by atoms with E-state index in [4.69, 9.17) is 10.5 Å². The van der Waals surface area contributed by atoms with Gasteiger partial charge in [-0.15, -0.1) is 0 Å². The number of benzene rings is 2. The molecule has 0 amide bonds. The van der Waals surface area contributed by atoms with Gasteiger partial charge in [0.15, 0.2) is 0 Å². The van der Waals surface area contributed by atoms with Crippen molar-refractivity contribution in [2.24, 2.45) is 5.73 Å². The normalized spacial score (nSPS) is 10.3. The number of nitrogens with two attached hydrogens (primary N) is 1. The second kappa shape index (κ2) is 5.34. The van der Waals surface area contributed by atoms with Crippen LogP contribution in [0.1, 0.15) is 5.56 Å². The molecule has 0 radical (unpaired) electrons. The predicted octanol–water partition coefficient (Wildman–Crippen LogP) is 3.58. The van der Waals surface area contributed by atoms with Gasteiger partial charge in [0.25, 0.3) is 0 Å². The number of hydrogen-bond donors (Lipinski definition) is 1. The number of methoxy groups -OCH3 is 1. The summed E-state index contributed by atoms with van der Waals surface area (Å²) in [4.78, 5) is 0. The molecule has 3 heteroatoms. The Bertz CT molecular complexity index is 508. The minimum atomic E-state index is 0.565. The summed E-state index contributed by atoms with van der Waals surface area (Å²) in [5, 5.41) is 0. The van der Waals surface area contributed by atoms with Crippen LogP contribution in [0.15, 0.2) is 46.9 Å². The van der Waals surface area contributed by atoms with Crippen molar-refractivity contribution in [2.45, 2.75) is 6.54 Å². The average Bonchev–Trinajstić information content (AvgIpc) is 2.38. The van der Waals surface area contributed by atoms with E-state index < -0.39 is 0 Å². The summed E-state index contributed by atoms with van der Waals surface area (Å²) < 4.78 is 6.37. The highest BCUT2D eigenvalue weighted by atomic mass is 79.9. The third-order valence-corrected chi connectivity index (χ3v) is 3.30. The van der Waals surface area contributed by atoms with Crippen molar-refractivity contribution >= 4 is 15.9 Å². The lowest BCUT2D eigenvalue weighted by Crippen LogP contribution is -1.95. The number of hydrogen-bond acceptors (Lipinski definition) is 2. The Labute approximate surface area is 110 Å². The minimum absolute atomic E-state index is 0.565. The van der Waals surface area contributed by atoms with Crippen LogP contribution in [0.5, 0.6) is 5.75 Å². The molecule has 2 N–H and O–H groups in total. The van der Waals surface area contributed by atoms with E-state index in [0.717, 1.165) is 26.9 Å². The zero-order chi connectivity index (χ0) is 12.3. The van der Waals surface area contributed by atoms with Crippen LogP contribution in [0.2, 0.25) is 0 Å². The van der Waals surface area contributed by atoms with Crippen LogP contribution in [0, 0.1) is 0 Å². The lowest BCUT2D eigenvalue weighted by molar-refractivity contribution is 0.414. The summed E-state index contributed by atoms with van der Waals surface area (Å²) in [6.07, 6.45) is 0. The Balaban J connectivity index is 2.48. The van der Waals surface area contributed by atoms with Crippen LogP contribution in [-0.4, -0.2) is 7.11 Å². The van der Waals surface area contributed by atoms with Gasteiger partial charge in [0.1, 0.15) is 5.75 Å². The Hall–Kier alpha value is -1.32. The van der Waals surface area contributed by atoms with Gasteiger partial charge in [0, 0.05) is 12.1 Å². The third kappa shape index (κ3) is 2.51. The van der Waals surface area contributed by atoms with E-state index in [-0.39, 0.29) is 0 Å². The maximum atomic E-state index is 5.59. The highest BCUT2D eigenvalue weighted by molar-refractivity contribution is 9.10. The lowest BCUT2D eigenvalue weighted by atomic mass is 10.0. The molecule has 0 aliphatic heterocycles. The van der Waals surface area contributed by atoms with Crippen LogP contribution >= 0.6 is 15.9 Å². The minimum Gasteiger partial charge on any atom is -0.495 e. The average molecular weight is 292 g/mol. The quantitative estimate of drug-likeness (QED) is 0.938. The molecule has 2 aromatic carbocycles. The molecule has 0 aromatic heterocycles. The molecule has 0 unspecified atom stereocenters. The van der Waals surface area contributed by atoms with Gasteiger partial charge in [-0.2, -0.15) is 0 Å². The number of para-hydroxylation sites is 1. The van der Waals surface area contributed by atoms with Gasteiger partial charge in [0.05, 0.1) is 11.6 Å². The fraction of sp³-hybridized carbons (Fsp3) is 0.143. The smallest absolute Gasteiger partial charge is 0.140 e. The Morgan fingerprint density at radius 3 is 2.41 bits per heavy atom. The standard InChI is InChI=1S/C14H14BrNO/c1-17-14-12(3-2-4-13(14)15)11-7-5-10(9-16)6-8-11/h2-8H,9,16H2,1H3. The van der Waals surface area contributed by atoms with Crippen LogP contribution < -0.4 is 10.5 Å². The molecule has 0 aliphatic carbocycles. The van der Waals surface area contributed by atoms with Gasteiger partial charge in [-0.05, 0) is 33.1 Å². The molecule has 17 heavy (non-hydrogen) atoms. The highest BCUT2D eigenvalue weighted by Gasteiger charge is 2.08. The number of rotatable bonds is 3. The zero-order valence-corrected chi connectivity index (χ0v) is 11.2. The number of ether oxygens (including phenoxy) is 1. The van der Waals surface area contributed by atoms with Crippen LogP contribution in [-0.2, 0) is 6.54 Å². The van der Waals surface area contributed by atoms with E-state index in [9.17, 15) is 0 Å². The molecule has 0 bridgehead atoms. The third-order valence-electron chi connectivity index (χ3n) is 2.67. The van der Waals surface area contributed by atoms with Gasteiger partial charge < -0.3 is 10.5 Å². The Kier molecular flexibility index (Phi) is 3.82. The predicted molar refractivity (Wildman–Crippen MR) is 74.0 cm³/mol. The van der Waals surface area contributed by atoms with Gasteiger partial charge in [-0.25, -0.2) is 0 Å². The van der Waals surface area contributed by atoms with Crippen molar-refractivity contribution in [1.29, 1.82) is 0 Å². The summed E-state index contributed by atoms with van der Waals surface area (Å²) in [5.41, 5.74) is 8.91. The van der Waals surface area contributed by atoms with Gasteiger partial charge in [-0.1, -0.05) is 36.4 Å². The topological polar surface area (TPSA) is 35.2 Å². The van der Waals surface area contributed by atoms with E-state index in [1.54, 1.807) is 7.11 Å². The second-order valence-corrected chi connectivity index (χ2v) is 4.58. The zero-order valence-electron chi connectivity index (χ0n) is 9.61. The summed E-state index contributed by atoms with van der Waals surface area (Å²) in [6.45, 7) is 0.565. The monoisotopic (exact) mass is 291 g/mol. The lowest BCUT2D eigenvalue weighted by Gasteiger charge is -2.10. The first-order valence-corrected chi connectivity index (χ1v) is 6.17. The van der Waals surface area contributed by atoms with Gasteiger partial charge >= 0.3 is 0 Å². The summed E-state index contributed by atoms with van der Waals surface area (Å²) in [6, 6.07) is 14.2. The van der Waals surface area contributed by atoms with E-state index in [0.29, 0.717) is 6.54 Å². The van der Waals surface area contributed by atoms with E-state index in [1.165, 1.54) is 0 Å². The van der Waals surface area contributed by atoms with Gasteiger partial charge in [0.2, 0.25) is 0 Å². The molecule has 2 rings (SSSR count). The Morgan fingerprint density at radius 1 is 1.12 bits per heavy atom. The summed E-state index contributed by atoms with van der Waals surface area (Å²) in [5.74, 6) is 0.855. The SMILES string of the molecule is COc1c(Br)cccc1-c1ccc(CN)cc1. The van der Waals surface area contributed by atoms with Crippen LogP contribution in [0.4, 0.5) is 0 Å². The summed E-state index contributed by atoms with van der Waals surface area (Å²) >= 11 is 3.49. The fourth-order valence-electron chi connectivity index (χ4n) is 1.76. The fourth-order valence-corrected chi connectivity index (χ4v) is 2.29. The first kappa shape index (κ1) is 12.1. The van der Waals surface area contributed by atoms with Crippen molar-refractivity contribution in [2.75, 3.05) is 7.11 Å². The molecular formula is C14H14BrNO. The molecule has 0 saturated carbocycles. The first-order valence-electron chi connectivity index (χ1n) is 5.38. The molecule has 0 atom stereocenters. The van der Waals surface area contributed by atoms with Crippen molar-refractivity contribution in [3.63, 3.8) is 0 Å².